The summed E-state index contributed by atoms with van der Waals surface area (Å²) >= 11 is 0. The van der Waals surface area contributed by atoms with Crippen molar-refractivity contribution in [3.8, 4) is 0 Å². The van der Waals surface area contributed by atoms with Crippen LogP contribution < -0.4 is 0 Å². The van der Waals surface area contributed by atoms with Crippen LogP contribution in [0, 0.1) is 0 Å². The van der Waals surface area contributed by atoms with Crippen LogP contribution in [-0.4, -0.2) is 65.9 Å². The molecule has 19 heavy (non-hydrogen) atoms. The van der Waals surface area contributed by atoms with E-state index in [1.807, 2.05) is 4.90 Å². The molecule has 4 fully saturated rings. The van der Waals surface area contributed by atoms with Crippen molar-refractivity contribution in [1.29, 1.82) is 0 Å². The lowest BCUT2D eigenvalue weighted by atomic mass is 9.85. The van der Waals surface area contributed by atoms with Gasteiger partial charge in [-0.2, -0.15) is 0 Å². The second-order valence-electron chi connectivity index (χ2n) is 6.90. The molecular weight excluding hydrogens is 244 g/mol. The zero-order valence-corrected chi connectivity index (χ0v) is 12.1. The molecular formula is C14H24N2O3. The van der Waals surface area contributed by atoms with Crippen molar-refractivity contribution < 1.29 is 14.3 Å². The van der Waals surface area contributed by atoms with Gasteiger partial charge in [0.2, 0.25) is 0 Å². The normalized spacial score (nSPS) is 35.1. The third-order valence-electron chi connectivity index (χ3n) is 4.51. The first-order valence-electron chi connectivity index (χ1n) is 7.27. The van der Waals surface area contributed by atoms with Gasteiger partial charge in [-0.1, -0.05) is 0 Å². The zero-order chi connectivity index (χ0) is 13.6. The number of hydrogen-bond donors (Lipinski definition) is 0. The molecule has 4 rings (SSSR count). The van der Waals surface area contributed by atoms with Crippen molar-refractivity contribution >= 4 is 6.09 Å². The molecule has 0 aliphatic carbocycles. The Morgan fingerprint density at radius 2 is 1.95 bits per heavy atom. The van der Waals surface area contributed by atoms with Crippen molar-refractivity contribution in [3.05, 3.63) is 0 Å². The van der Waals surface area contributed by atoms with Gasteiger partial charge in [0.25, 0.3) is 0 Å². The number of rotatable bonds is 1. The maximum atomic E-state index is 12.2. The molecule has 108 valence electrons. The maximum Gasteiger partial charge on any atom is 0.410 e. The quantitative estimate of drug-likeness (QED) is 0.722. The summed E-state index contributed by atoms with van der Waals surface area (Å²) in [5.41, 5.74) is 0.187. The van der Waals surface area contributed by atoms with Crippen LogP contribution in [0.3, 0.4) is 0 Å². The number of carbonyl (C=O) groups excluding carboxylic acids is 1. The standard InChI is InChI=1S/C14H24N2O3/c1-14(2,3)15-7-10-6-11(8-15)16(10)13(17)19-12-4-5-18-9-12/h10-12H,4-9H2,1-3H3. The number of nitrogens with zero attached hydrogens (tertiary/aromatic N) is 2. The first-order valence-corrected chi connectivity index (χ1v) is 7.27. The van der Waals surface area contributed by atoms with Gasteiger partial charge in [0, 0.05) is 25.0 Å². The molecule has 5 heteroatoms. The van der Waals surface area contributed by atoms with Gasteiger partial charge in [-0.3, -0.25) is 9.80 Å². The number of piperidine rings is 1. The first kappa shape index (κ1) is 13.2. The van der Waals surface area contributed by atoms with E-state index in [0.717, 1.165) is 25.9 Å². The summed E-state index contributed by atoms with van der Waals surface area (Å²) in [6.45, 7) is 9.90. The van der Waals surface area contributed by atoms with Gasteiger partial charge in [0.15, 0.2) is 0 Å². The van der Waals surface area contributed by atoms with Gasteiger partial charge < -0.3 is 9.47 Å². The highest BCUT2D eigenvalue weighted by Gasteiger charge is 2.50. The molecule has 2 bridgehead atoms. The van der Waals surface area contributed by atoms with Crippen LogP contribution in [0.1, 0.15) is 33.6 Å². The summed E-state index contributed by atoms with van der Waals surface area (Å²) in [6.07, 6.45) is 1.80. The van der Waals surface area contributed by atoms with E-state index < -0.39 is 0 Å². The van der Waals surface area contributed by atoms with Gasteiger partial charge in [0.1, 0.15) is 6.10 Å². The first-order chi connectivity index (χ1) is 8.95. The molecule has 4 saturated heterocycles. The second-order valence-corrected chi connectivity index (χ2v) is 6.90. The van der Waals surface area contributed by atoms with E-state index in [9.17, 15) is 4.79 Å². The van der Waals surface area contributed by atoms with E-state index in [2.05, 4.69) is 25.7 Å². The average molecular weight is 268 g/mol. The van der Waals surface area contributed by atoms with Crippen molar-refractivity contribution in [2.45, 2.75) is 57.3 Å². The highest BCUT2D eigenvalue weighted by Crippen LogP contribution is 2.36. The Kier molecular flexibility index (Phi) is 3.21. The Balaban J connectivity index is 1.56. The minimum atomic E-state index is -0.134. The molecule has 0 radical (unpaired) electrons. The van der Waals surface area contributed by atoms with Gasteiger partial charge >= 0.3 is 6.09 Å². The van der Waals surface area contributed by atoms with Crippen LogP contribution in [-0.2, 0) is 9.47 Å². The predicted molar refractivity (Wildman–Crippen MR) is 71.1 cm³/mol. The molecule has 0 aromatic rings. The number of amides is 1. The molecule has 3 unspecified atom stereocenters. The van der Waals surface area contributed by atoms with Crippen molar-refractivity contribution in [2.24, 2.45) is 0 Å². The molecule has 0 N–H and O–H groups in total. The van der Waals surface area contributed by atoms with Crippen molar-refractivity contribution in [1.82, 2.24) is 9.80 Å². The summed E-state index contributed by atoms with van der Waals surface area (Å²) in [5, 5.41) is 0. The molecule has 4 aliphatic rings. The minimum absolute atomic E-state index is 0.0347. The third-order valence-corrected chi connectivity index (χ3v) is 4.51. The van der Waals surface area contributed by atoms with Gasteiger partial charge in [-0.05, 0) is 27.2 Å². The molecule has 0 saturated carbocycles. The maximum absolute atomic E-state index is 12.2. The summed E-state index contributed by atoms with van der Waals surface area (Å²) in [5.74, 6) is 0. The highest BCUT2D eigenvalue weighted by molar-refractivity contribution is 5.70. The van der Waals surface area contributed by atoms with E-state index in [1.54, 1.807) is 0 Å². The number of fused-ring (bicyclic) bond motifs is 2. The molecule has 0 aromatic carbocycles. The Labute approximate surface area is 114 Å². The zero-order valence-electron chi connectivity index (χ0n) is 12.1. The van der Waals surface area contributed by atoms with Crippen LogP contribution in [0.2, 0.25) is 0 Å². The van der Waals surface area contributed by atoms with Crippen LogP contribution in [0.25, 0.3) is 0 Å². The number of ether oxygens (including phenoxy) is 2. The van der Waals surface area contributed by atoms with E-state index in [0.29, 0.717) is 25.3 Å². The fraction of sp³-hybridized carbons (Fsp3) is 0.929. The Hall–Kier alpha value is -0.810. The van der Waals surface area contributed by atoms with E-state index in [4.69, 9.17) is 9.47 Å². The fourth-order valence-corrected chi connectivity index (χ4v) is 3.26. The van der Waals surface area contributed by atoms with Crippen LogP contribution in [0.15, 0.2) is 0 Å². The third kappa shape index (κ3) is 2.46. The summed E-state index contributed by atoms with van der Waals surface area (Å²) in [7, 11) is 0. The lowest BCUT2D eigenvalue weighted by Gasteiger charge is -2.58. The summed E-state index contributed by atoms with van der Waals surface area (Å²) < 4.78 is 10.8. The van der Waals surface area contributed by atoms with E-state index in [-0.39, 0.29) is 17.7 Å². The SMILES string of the molecule is CC(C)(C)N1CC2CC(C1)N2C(=O)OC1CCOC1. The number of piperazine rings is 1. The number of hydrogen-bond acceptors (Lipinski definition) is 4. The molecule has 4 aliphatic heterocycles. The van der Waals surface area contributed by atoms with Crippen LogP contribution in [0.4, 0.5) is 4.79 Å². The lowest BCUT2D eigenvalue weighted by molar-refractivity contribution is -0.0890. The van der Waals surface area contributed by atoms with Crippen LogP contribution in [0.5, 0.6) is 0 Å². The van der Waals surface area contributed by atoms with Crippen LogP contribution >= 0.6 is 0 Å². The molecule has 3 atom stereocenters. The van der Waals surface area contributed by atoms with Gasteiger partial charge in [-0.15, -0.1) is 0 Å². The Bertz CT molecular complexity index is 348. The molecule has 0 spiro atoms. The summed E-state index contributed by atoms with van der Waals surface area (Å²) in [4.78, 5) is 16.6. The van der Waals surface area contributed by atoms with Gasteiger partial charge in [0.05, 0.1) is 25.3 Å². The van der Waals surface area contributed by atoms with E-state index in [1.165, 1.54) is 0 Å². The lowest BCUT2D eigenvalue weighted by Crippen LogP contribution is -2.72. The Morgan fingerprint density at radius 3 is 2.47 bits per heavy atom. The largest absolute Gasteiger partial charge is 0.444 e. The summed E-state index contributed by atoms with van der Waals surface area (Å²) in [6, 6.07) is 0.681. The molecule has 1 amide bonds. The van der Waals surface area contributed by atoms with Gasteiger partial charge in [-0.25, -0.2) is 4.79 Å². The fourth-order valence-electron chi connectivity index (χ4n) is 3.26. The monoisotopic (exact) mass is 268 g/mol. The van der Waals surface area contributed by atoms with Crippen molar-refractivity contribution in [2.75, 3.05) is 26.3 Å². The highest BCUT2D eigenvalue weighted by atomic mass is 16.6. The minimum Gasteiger partial charge on any atom is -0.444 e. The average Bonchev–Trinajstić information content (AvgIpc) is 2.80. The molecule has 4 heterocycles. The molecule has 0 aromatic heterocycles. The Morgan fingerprint density at radius 1 is 1.26 bits per heavy atom. The smallest absolute Gasteiger partial charge is 0.410 e. The second kappa shape index (κ2) is 4.63. The number of carbonyl (C=O) groups is 1. The molecule has 5 nitrogen and oxygen atoms in total. The van der Waals surface area contributed by atoms with E-state index >= 15 is 0 Å². The topological polar surface area (TPSA) is 42.0 Å². The van der Waals surface area contributed by atoms with Crippen molar-refractivity contribution in [3.63, 3.8) is 0 Å². The predicted octanol–water partition coefficient (Wildman–Crippen LogP) is 1.47.